The number of carbonyl (C=O) groups excluding carboxylic acids is 3. The normalized spacial score (nSPS) is 13.1. The molecule has 168 valence electrons. The van der Waals surface area contributed by atoms with Gasteiger partial charge in [-0.25, -0.2) is 0 Å². The zero-order valence-electron chi connectivity index (χ0n) is 16.4. The third-order valence-electron chi connectivity index (χ3n) is 4.32. The molecule has 3 amide bonds. The van der Waals surface area contributed by atoms with Crippen LogP contribution in [0.25, 0.3) is 0 Å². The van der Waals surface area contributed by atoms with E-state index in [1.54, 1.807) is 0 Å². The van der Waals surface area contributed by atoms with E-state index in [1.807, 2.05) is 0 Å². The number of rotatable bonds is 5. The molecule has 0 aromatic heterocycles. The Morgan fingerprint density at radius 2 is 1.91 bits per heavy atom. The second-order valence-corrected chi connectivity index (χ2v) is 6.67. The van der Waals surface area contributed by atoms with Crippen molar-refractivity contribution in [3.63, 3.8) is 0 Å². The first-order chi connectivity index (χ1) is 15.0. The fraction of sp³-hybridized carbons (Fsp3) is 0.211. The Bertz CT molecular complexity index is 1120. The number of amides is 3. The molecule has 32 heavy (non-hydrogen) atoms. The van der Waals surface area contributed by atoms with Gasteiger partial charge in [0, 0.05) is 24.7 Å². The second kappa shape index (κ2) is 8.53. The minimum atomic E-state index is -4.85. The standard InChI is InChI=1S/C19H15F3N4O6/c1-10(27)23-11-2-4-14(13(6-11)19(20,21)22)24-17(28)8-25-15-7-12(26(30)31)3-5-16(15)32-9-18(25)29/h2-7H,8-9H2,1H3,(H,23,27)(H,24,28). The summed E-state index contributed by atoms with van der Waals surface area (Å²) in [7, 11) is 0. The van der Waals surface area contributed by atoms with E-state index in [9.17, 15) is 37.7 Å². The zero-order chi connectivity index (χ0) is 23.6. The first-order valence-electron chi connectivity index (χ1n) is 8.96. The largest absolute Gasteiger partial charge is 0.482 e. The Labute approximate surface area is 178 Å². The molecule has 13 heteroatoms. The summed E-state index contributed by atoms with van der Waals surface area (Å²) in [4.78, 5) is 47.0. The molecule has 1 aliphatic heterocycles. The Balaban J connectivity index is 1.86. The summed E-state index contributed by atoms with van der Waals surface area (Å²) in [6.07, 6.45) is -4.85. The van der Waals surface area contributed by atoms with Crippen molar-refractivity contribution >= 4 is 40.5 Å². The molecule has 3 rings (SSSR count). The highest BCUT2D eigenvalue weighted by Crippen LogP contribution is 2.37. The number of fused-ring (bicyclic) bond motifs is 1. The zero-order valence-corrected chi connectivity index (χ0v) is 16.4. The van der Waals surface area contributed by atoms with Crippen LogP contribution in [0.4, 0.5) is 35.9 Å². The summed E-state index contributed by atoms with van der Waals surface area (Å²) < 4.78 is 45.5. The number of nitro benzene ring substituents is 1. The van der Waals surface area contributed by atoms with Crippen molar-refractivity contribution in [1.82, 2.24) is 0 Å². The third kappa shape index (κ3) is 4.94. The predicted molar refractivity (Wildman–Crippen MR) is 105 cm³/mol. The summed E-state index contributed by atoms with van der Waals surface area (Å²) in [6.45, 7) is -0.0249. The molecule has 0 spiro atoms. The maximum absolute atomic E-state index is 13.4. The first kappa shape index (κ1) is 22.5. The molecule has 1 heterocycles. The van der Waals surface area contributed by atoms with Crippen LogP contribution in [-0.2, 0) is 20.6 Å². The number of nitrogens with one attached hydrogen (secondary N) is 2. The lowest BCUT2D eigenvalue weighted by Crippen LogP contribution is -2.43. The van der Waals surface area contributed by atoms with Crippen LogP contribution in [0, 0.1) is 10.1 Å². The van der Waals surface area contributed by atoms with Crippen LogP contribution in [0.5, 0.6) is 5.75 Å². The topological polar surface area (TPSA) is 131 Å². The lowest BCUT2D eigenvalue weighted by atomic mass is 10.1. The molecule has 0 saturated heterocycles. The highest BCUT2D eigenvalue weighted by molar-refractivity contribution is 6.05. The van der Waals surface area contributed by atoms with Crippen molar-refractivity contribution < 1.29 is 37.2 Å². The average molecular weight is 452 g/mol. The fourth-order valence-corrected chi connectivity index (χ4v) is 2.98. The number of anilines is 3. The molecule has 0 atom stereocenters. The number of halogens is 3. The summed E-state index contributed by atoms with van der Waals surface area (Å²) >= 11 is 0. The van der Waals surface area contributed by atoms with Crippen LogP contribution < -0.4 is 20.3 Å². The van der Waals surface area contributed by atoms with Crippen LogP contribution >= 0.6 is 0 Å². The van der Waals surface area contributed by atoms with Gasteiger partial charge in [0.25, 0.3) is 11.6 Å². The van der Waals surface area contributed by atoms with E-state index >= 15 is 0 Å². The van der Waals surface area contributed by atoms with Gasteiger partial charge in [0.05, 0.1) is 21.9 Å². The molecule has 1 aliphatic rings. The van der Waals surface area contributed by atoms with Crippen molar-refractivity contribution in [2.75, 3.05) is 28.7 Å². The number of ether oxygens (including phenoxy) is 1. The summed E-state index contributed by atoms with van der Waals surface area (Å²) in [5.74, 6) is -2.15. The number of non-ortho nitro benzene ring substituents is 1. The molecule has 0 saturated carbocycles. The van der Waals surface area contributed by atoms with Crippen molar-refractivity contribution in [2.45, 2.75) is 13.1 Å². The molecule has 0 unspecified atom stereocenters. The number of hydrogen-bond acceptors (Lipinski definition) is 6. The minimum Gasteiger partial charge on any atom is -0.482 e. The molecular formula is C19H15F3N4O6. The van der Waals surface area contributed by atoms with Crippen molar-refractivity contribution in [3.05, 3.63) is 52.1 Å². The molecule has 0 bridgehead atoms. The molecule has 10 nitrogen and oxygen atoms in total. The van der Waals surface area contributed by atoms with E-state index in [0.717, 1.165) is 30.0 Å². The van der Waals surface area contributed by atoms with Crippen molar-refractivity contribution in [2.24, 2.45) is 0 Å². The number of hydrogen-bond donors (Lipinski definition) is 2. The Kier molecular flexibility index (Phi) is 6.00. The quantitative estimate of drug-likeness (QED) is 0.530. The van der Waals surface area contributed by atoms with Gasteiger partial charge in [-0.3, -0.25) is 29.4 Å². The summed E-state index contributed by atoms with van der Waals surface area (Å²) in [6, 6.07) is 6.24. The first-order valence-corrected chi connectivity index (χ1v) is 8.96. The van der Waals surface area contributed by atoms with Gasteiger partial charge >= 0.3 is 6.18 Å². The van der Waals surface area contributed by atoms with Gasteiger partial charge in [-0.05, 0) is 24.3 Å². The van der Waals surface area contributed by atoms with Gasteiger partial charge in [0.2, 0.25) is 11.8 Å². The highest BCUT2D eigenvalue weighted by atomic mass is 19.4. The van der Waals surface area contributed by atoms with E-state index in [4.69, 9.17) is 4.74 Å². The van der Waals surface area contributed by atoms with Gasteiger partial charge in [0.15, 0.2) is 6.61 Å². The monoisotopic (exact) mass is 452 g/mol. The van der Waals surface area contributed by atoms with E-state index < -0.39 is 53.2 Å². The van der Waals surface area contributed by atoms with Gasteiger partial charge in [-0.2, -0.15) is 13.2 Å². The Morgan fingerprint density at radius 1 is 1.19 bits per heavy atom. The van der Waals surface area contributed by atoms with Crippen LogP contribution in [0.2, 0.25) is 0 Å². The van der Waals surface area contributed by atoms with Crippen molar-refractivity contribution in [3.8, 4) is 5.75 Å². The van der Waals surface area contributed by atoms with E-state index in [1.165, 1.54) is 12.1 Å². The van der Waals surface area contributed by atoms with Gasteiger partial charge in [-0.1, -0.05) is 0 Å². The summed E-state index contributed by atoms with van der Waals surface area (Å²) in [5.41, 5.74) is -2.33. The molecular weight excluding hydrogens is 437 g/mol. The lowest BCUT2D eigenvalue weighted by molar-refractivity contribution is -0.384. The molecule has 2 aromatic rings. The van der Waals surface area contributed by atoms with E-state index in [0.29, 0.717) is 6.07 Å². The van der Waals surface area contributed by atoms with Gasteiger partial charge in [0.1, 0.15) is 12.3 Å². The highest BCUT2D eigenvalue weighted by Gasteiger charge is 2.35. The minimum absolute atomic E-state index is 0.0531. The lowest BCUT2D eigenvalue weighted by Gasteiger charge is -2.28. The number of carbonyl (C=O) groups is 3. The molecule has 0 aliphatic carbocycles. The van der Waals surface area contributed by atoms with Crippen LogP contribution in [0.15, 0.2) is 36.4 Å². The Morgan fingerprint density at radius 3 is 2.53 bits per heavy atom. The molecule has 0 radical (unpaired) electrons. The number of alkyl halides is 3. The van der Waals surface area contributed by atoms with Gasteiger partial charge < -0.3 is 15.4 Å². The maximum atomic E-state index is 13.4. The van der Waals surface area contributed by atoms with E-state index in [-0.39, 0.29) is 22.8 Å². The van der Waals surface area contributed by atoms with Crippen LogP contribution in [-0.4, -0.2) is 35.8 Å². The van der Waals surface area contributed by atoms with E-state index in [2.05, 4.69) is 10.6 Å². The second-order valence-electron chi connectivity index (χ2n) is 6.67. The fourth-order valence-electron chi connectivity index (χ4n) is 2.98. The SMILES string of the molecule is CC(=O)Nc1ccc(NC(=O)CN2C(=O)COc3ccc([N+](=O)[O-])cc32)c(C(F)(F)F)c1. The smallest absolute Gasteiger partial charge is 0.418 e. The summed E-state index contributed by atoms with van der Waals surface area (Å²) in [5, 5.41) is 15.3. The van der Waals surface area contributed by atoms with Crippen LogP contribution in [0.1, 0.15) is 12.5 Å². The third-order valence-corrected chi connectivity index (χ3v) is 4.32. The van der Waals surface area contributed by atoms with Crippen molar-refractivity contribution in [1.29, 1.82) is 0 Å². The maximum Gasteiger partial charge on any atom is 0.418 e. The molecule has 0 fully saturated rings. The Hall–Kier alpha value is -4.16. The van der Waals surface area contributed by atoms with Gasteiger partial charge in [-0.15, -0.1) is 0 Å². The number of nitro groups is 1. The predicted octanol–water partition coefficient (Wildman–Crippen LogP) is 2.94. The number of benzene rings is 2. The molecule has 2 N–H and O–H groups in total. The average Bonchev–Trinajstić information content (AvgIpc) is 2.69. The van der Waals surface area contributed by atoms with Crippen LogP contribution in [0.3, 0.4) is 0 Å². The number of nitrogens with zero attached hydrogens (tertiary/aromatic N) is 2. The molecule has 2 aromatic carbocycles.